The molecule has 2 nitrogen and oxygen atoms in total. The molecule has 4 heteroatoms. The van der Waals surface area contributed by atoms with E-state index in [2.05, 4.69) is 20.9 Å². The molecule has 0 aliphatic carbocycles. The van der Waals surface area contributed by atoms with Gasteiger partial charge in [-0.3, -0.25) is 4.40 Å². The molecule has 0 saturated heterocycles. The van der Waals surface area contributed by atoms with Crippen LogP contribution in [-0.2, 0) is 0 Å². The van der Waals surface area contributed by atoms with Crippen molar-refractivity contribution in [3.63, 3.8) is 0 Å². The van der Waals surface area contributed by atoms with E-state index in [9.17, 15) is 4.39 Å². The standard InChI is InChI=1S/C14H10BrFN2/c1-9-13(10-4-2-5-11(16)8-10)18-7-3-6-12(15)14(18)17-9/h2-8H,1H3. The normalized spacial score (nSPS) is 11.1. The predicted molar refractivity (Wildman–Crippen MR) is 73.0 cm³/mol. The average Bonchev–Trinajstić information content (AvgIpc) is 2.67. The monoisotopic (exact) mass is 304 g/mol. The Kier molecular flexibility index (Phi) is 2.67. The van der Waals surface area contributed by atoms with Crippen molar-refractivity contribution in [1.29, 1.82) is 0 Å². The lowest BCUT2D eigenvalue weighted by Crippen LogP contribution is -1.89. The Balaban J connectivity index is 2.36. The highest BCUT2D eigenvalue weighted by Crippen LogP contribution is 2.28. The zero-order valence-electron chi connectivity index (χ0n) is 9.69. The molecule has 0 saturated carbocycles. The Morgan fingerprint density at radius 1 is 1.22 bits per heavy atom. The summed E-state index contributed by atoms with van der Waals surface area (Å²) < 4.78 is 16.2. The molecule has 2 aromatic heterocycles. The molecule has 18 heavy (non-hydrogen) atoms. The van der Waals surface area contributed by atoms with Gasteiger partial charge in [0, 0.05) is 11.8 Å². The van der Waals surface area contributed by atoms with Crippen LogP contribution in [0.2, 0.25) is 0 Å². The van der Waals surface area contributed by atoms with E-state index >= 15 is 0 Å². The van der Waals surface area contributed by atoms with Crippen LogP contribution in [0.4, 0.5) is 4.39 Å². The van der Waals surface area contributed by atoms with Crippen LogP contribution in [0, 0.1) is 12.7 Å². The number of hydrogen-bond acceptors (Lipinski definition) is 1. The lowest BCUT2D eigenvalue weighted by Gasteiger charge is -2.04. The molecule has 90 valence electrons. The summed E-state index contributed by atoms with van der Waals surface area (Å²) in [6.07, 6.45) is 1.93. The first kappa shape index (κ1) is 11.4. The summed E-state index contributed by atoms with van der Waals surface area (Å²) in [6, 6.07) is 10.4. The number of fused-ring (bicyclic) bond motifs is 1. The largest absolute Gasteiger partial charge is 0.298 e. The summed E-state index contributed by atoms with van der Waals surface area (Å²) in [4.78, 5) is 4.51. The van der Waals surface area contributed by atoms with E-state index in [4.69, 9.17) is 0 Å². The lowest BCUT2D eigenvalue weighted by molar-refractivity contribution is 0.628. The highest BCUT2D eigenvalue weighted by Gasteiger charge is 2.12. The number of rotatable bonds is 1. The summed E-state index contributed by atoms with van der Waals surface area (Å²) in [5.74, 6) is -0.239. The molecule has 0 N–H and O–H groups in total. The topological polar surface area (TPSA) is 17.3 Å². The van der Waals surface area contributed by atoms with E-state index in [1.165, 1.54) is 12.1 Å². The third-order valence-corrected chi connectivity index (χ3v) is 3.49. The Labute approximate surface area is 112 Å². The zero-order valence-corrected chi connectivity index (χ0v) is 11.3. The Bertz CT molecular complexity index is 734. The highest BCUT2D eigenvalue weighted by atomic mass is 79.9. The van der Waals surface area contributed by atoms with Crippen molar-refractivity contribution in [2.24, 2.45) is 0 Å². The second-order valence-electron chi connectivity index (χ2n) is 4.11. The quantitative estimate of drug-likeness (QED) is 0.658. The van der Waals surface area contributed by atoms with Crippen LogP contribution >= 0.6 is 15.9 Å². The molecule has 0 spiro atoms. The molecule has 1 aromatic carbocycles. The van der Waals surface area contributed by atoms with E-state index in [1.54, 1.807) is 6.07 Å². The van der Waals surface area contributed by atoms with Gasteiger partial charge in [0.1, 0.15) is 5.82 Å². The molecule has 0 fully saturated rings. The van der Waals surface area contributed by atoms with Crippen LogP contribution < -0.4 is 0 Å². The molecule has 0 unspecified atom stereocenters. The zero-order chi connectivity index (χ0) is 12.7. The fourth-order valence-electron chi connectivity index (χ4n) is 2.13. The lowest BCUT2D eigenvalue weighted by atomic mass is 10.1. The Hall–Kier alpha value is -1.68. The van der Waals surface area contributed by atoms with Gasteiger partial charge in [0.05, 0.1) is 15.9 Å². The van der Waals surface area contributed by atoms with Gasteiger partial charge in [-0.2, -0.15) is 0 Å². The molecular formula is C14H10BrFN2. The van der Waals surface area contributed by atoms with Gasteiger partial charge in [0.25, 0.3) is 0 Å². The van der Waals surface area contributed by atoms with Crippen molar-refractivity contribution < 1.29 is 4.39 Å². The SMILES string of the molecule is Cc1nc2c(Br)cccn2c1-c1cccc(F)c1. The van der Waals surface area contributed by atoms with Crippen molar-refractivity contribution in [3.8, 4) is 11.3 Å². The second-order valence-corrected chi connectivity index (χ2v) is 4.96. The summed E-state index contributed by atoms with van der Waals surface area (Å²) in [5.41, 5.74) is 3.48. The fourth-order valence-corrected chi connectivity index (χ4v) is 2.56. The smallest absolute Gasteiger partial charge is 0.151 e. The number of benzene rings is 1. The molecule has 3 aromatic rings. The molecule has 0 radical (unpaired) electrons. The molecule has 0 bridgehead atoms. The number of hydrogen-bond donors (Lipinski definition) is 0. The third-order valence-electron chi connectivity index (χ3n) is 2.87. The third kappa shape index (κ3) is 1.73. The van der Waals surface area contributed by atoms with Gasteiger partial charge in [-0.25, -0.2) is 9.37 Å². The molecule has 3 rings (SSSR count). The van der Waals surface area contributed by atoms with Gasteiger partial charge in [-0.05, 0) is 47.1 Å². The predicted octanol–water partition coefficient (Wildman–Crippen LogP) is 4.21. The van der Waals surface area contributed by atoms with E-state index in [1.807, 2.05) is 35.7 Å². The highest BCUT2D eigenvalue weighted by molar-refractivity contribution is 9.10. The van der Waals surface area contributed by atoms with Crippen LogP contribution in [0.1, 0.15) is 5.69 Å². The summed E-state index contributed by atoms with van der Waals surface area (Å²) in [6.45, 7) is 1.93. The first-order valence-corrected chi connectivity index (χ1v) is 6.35. The first-order chi connectivity index (χ1) is 8.66. The Morgan fingerprint density at radius 3 is 2.83 bits per heavy atom. The molecule has 2 heterocycles. The van der Waals surface area contributed by atoms with E-state index < -0.39 is 0 Å². The van der Waals surface area contributed by atoms with Gasteiger partial charge in [-0.15, -0.1) is 0 Å². The Morgan fingerprint density at radius 2 is 2.06 bits per heavy atom. The number of halogens is 2. The number of aromatic nitrogens is 2. The van der Waals surface area contributed by atoms with Gasteiger partial charge < -0.3 is 0 Å². The summed E-state index contributed by atoms with van der Waals surface area (Å²) in [5, 5.41) is 0. The van der Waals surface area contributed by atoms with Crippen molar-refractivity contribution >= 4 is 21.6 Å². The van der Waals surface area contributed by atoms with Gasteiger partial charge in [0.2, 0.25) is 0 Å². The molecule has 0 amide bonds. The van der Waals surface area contributed by atoms with Crippen molar-refractivity contribution in [2.45, 2.75) is 6.92 Å². The maximum Gasteiger partial charge on any atom is 0.151 e. The van der Waals surface area contributed by atoms with E-state index in [0.29, 0.717) is 0 Å². The second kappa shape index (κ2) is 4.21. The van der Waals surface area contributed by atoms with Gasteiger partial charge >= 0.3 is 0 Å². The van der Waals surface area contributed by atoms with Crippen LogP contribution in [-0.4, -0.2) is 9.38 Å². The van der Waals surface area contributed by atoms with Crippen molar-refractivity contribution in [3.05, 3.63) is 58.6 Å². The van der Waals surface area contributed by atoms with Gasteiger partial charge in [-0.1, -0.05) is 12.1 Å². The molecule has 0 atom stereocenters. The molecule has 0 aliphatic heterocycles. The van der Waals surface area contributed by atoms with E-state index in [0.717, 1.165) is 27.1 Å². The fraction of sp³-hybridized carbons (Fsp3) is 0.0714. The van der Waals surface area contributed by atoms with E-state index in [-0.39, 0.29) is 5.82 Å². The number of aryl methyl sites for hydroxylation is 1. The average molecular weight is 305 g/mol. The van der Waals surface area contributed by atoms with Gasteiger partial charge in [0.15, 0.2) is 5.65 Å². The summed E-state index contributed by atoms with van der Waals surface area (Å²) >= 11 is 3.47. The van der Waals surface area contributed by atoms with Crippen LogP contribution in [0.3, 0.4) is 0 Å². The van der Waals surface area contributed by atoms with Crippen LogP contribution in [0.15, 0.2) is 47.1 Å². The maximum atomic E-state index is 13.3. The molecular weight excluding hydrogens is 295 g/mol. The summed E-state index contributed by atoms with van der Waals surface area (Å²) in [7, 11) is 0. The number of imidazole rings is 1. The minimum atomic E-state index is -0.239. The minimum absolute atomic E-state index is 0.239. The van der Waals surface area contributed by atoms with Crippen molar-refractivity contribution in [2.75, 3.05) is 0 Å². The van der Waals surface area contributed by atoms with Crippen LogP contribution in [0.5, 0.6) is 0 Å². The maximum absolute atomic E-state index is 13.3. The number of pyridine rings is 1. The molecule has 0 aliphatic rings. The minimum Gasteiger partial charge on any atom is -0.298 e. The number of nitrogens with zero attached hydrogens (tertiary/aromatic N) is 2. The van der Waals surface area contributed by atoms with Crippen LogP contribution in [0.25, 0.3) is 16.9 Å². The first-order valence-electron chi connectivity index (χ1n) is 5.56. The van der Waals surface area contributed by atoms with Crippen molar-refractivity contribution in [1.82, 2.24) is 9.38 Å².